The Balaban J connectivity index is 1.82. The van der Waals surface area contributed by atoms with Crippen LogP contribution in [-0.4, -0.2) is 52.1 Å². The number of ether oxygens (including phenoxy) is 1. The van der Waals surface area contributed by atoms with Crippen LogP contribution in [0.3, 0.4) is 0 Å². The van der Waals surface area contributed by atoms with E-state index in [1.165, 1.54) is 11.1 Å². The van der Waals surface area contributed by atoms with E-state index in [0.29, 0.717) is 12.0 Å². The van der Waals surface area contributed by atoms with Crippen LogP contribution in [0.1, 0.15) is 29.5 Å². The summed E-state index contributed by atoms with van der Waals surface area (Å²) < 4.78 is 7.59. The van der Waals surface area contributed by atoms with E-state index in [1.54, 1.807) is 0 Å². The van der Waals surface area contributed by atoms with Crippen molar-refractivity contribution < 1.29 is 20.1 Å². The number of halogens is 2. The maximum absolute atomic E-state index is 10.3. The molecule has 2 bridgehead atoms. The van der Waals surface area contributed by atoms with Crippen LogP contribution in [0.2, 0.25) is 0 Å². The van der Waals surface area contributed by atoms with Gasteiger partial charge in [0.1, 0.15) is 11.9 Å². The Labute approximate surface area is 169 Å². The number of rotatable bonds is 3. The van der Waals surface area contributed by atoms with Gasteiger partial charge in [-0.15, -0.1) is 0 Å². The molecule has 5 nitrogen and oxygen atoms in total. The molecule has 1 saturated heterocycles. The minimum atomic E-state index is -0.745. The Bertz CT molecular complexity index is 768. The fraction of sp³-hybridized carbons (Fsp3) is 0.684. The number of hydrogen-bond donors (Lipinski definition) is 4. The van der Waals surface area contributed by atoms with E-state index in [4.69, 9.17) is 4.74 Å². The lowest BCUT2D eigenvalue weighted by Crippen LogP contribution is -2.71. The first-order valence-corrected chi connectivity index (χ1v) is 11.0. The van der Waals surface area contributed by atoms with Crippen molar-refractivity contribution in [3.8, 4) is 5.75 Å². The van der Waals surface area contributed by atoms with Gasteiger partial charge in [-0.05, 0) is 43.4 Å². The van der Waals surface area contributed by atoms with Crippen molar-refractivity contribution in [3.05, 3.63) is 27.2 Å². The van der Waals surface area contributed by atoms with Crippen LogP contribution in [0.4, 0.5) is 0 Å². The second-order valence-corrected chi connectivity index (χ2v) is 10.2. The summed E-state index contributed by atoms with van der Waals surface area (Å²) in [5.41, 5.74) is 2.29. The van der Waals surface area contributed by atoms with Crippen molar-refractivity contribution in [2.75, 3.05) is 19.8 Å². The van der Waals surface area contributed by atoms with Crippen LogP contribution >= 0.6 is 31.9 Å². The number of piperidine rings is 1. The van der Waals surface area contributed by atoms with Crippen LogP contribution in [0.5, 0.6) is 5.75 Å². The van der Waals surface area contributed by atoms with E-state index in [0.717, 1.165) is 41.6 Å². The maximum Gasteiger partial charge on any atom is 0.129 e. The largest absolute Gasteiger partial charge is 0.488 e. The Morgan fingerprint density at radius 1 is 1.27 bits per heavy atom. The van der Waals surface area contributed by atoms with Crippen molar-refractivity contribution in [2.24, 2.45) is 11.3 Å². The van der Waals surface area contributed by atoms with Gasteiger partial charge in [0, 0.05) is 31.9 Å². The third-order valence-electron chi connectivity index (χ3n) is 7.46. The average Bonchev–Trinajstić information content (AvgIpc) is 2.97. The molecule has 1 aromatic rings. The number of aliphatic hydroxyl groups is 3. The molecule has 1 spiro atoms. The molecule has 4 N–H and O–H groups in total. The predicted molar refractivity (Wildman–Crippen MR) is 104 cm³/mol. The third-order valence-corrected chi connectivity index (χ3v) is 9.45. The van der Waals surface area contributed by atoms with Gasteiger partial charge >= 0.3 is 0 Å². The van der Waals surface area contributed by atoms with Gasteiger partial charge in [-0.3, -0.25) is 0 Å². The summed E-state index contributed by atoms with van der Waals surface area (Å²) >= 11 is 7.50. The monoisotopic (exact) mass is 487 g/mol. The van der Waals surface area contributed by atoms with Gasteiger partial charge in [0.25, 0.3) is 0 Å². The molecular weight excluding hydrogens is 466 g/mol. The standard InChI is InChI=1S/C19H23Br2NO4/c20-12-3-9(6-23)16-15-10(12)4-13-11-5-14(21)18(7-24,8-25)17(26-16)19(11,15)1-2-22-13/h3,11,13-14,17,22-25H,1-2,4-8H2. The summed E-state index contributed by atoms with van der Waals surface area (Å²) in [4.78, 5) is -0.0209. The molecule has 2 heterocycles. The van der Waals surface area contributed by atoms with E-state index >= 15 is 0 Å². The number of aliphatic hydroxyl groups excluding tert-OH is 3. The Morgan fingerprint density at radius 2 is 2.04 bits per heavy atom. The Kier molecular flexibility index (Phi) is 4.07. The van der Waals surface area contributed by atoms with Gasteiger partial charge in [0.05, 0.1) is 25.2 Å². The lowest BCUT2D eigenvalue weighted by atomic mass is 9.47. The minimum absolute atomic E-state index is 0.0209. The van der Waals surface area contributed by atoms with Gasteiger partial charge in [0.15, 0.2) is 0 Å². The molecule has 5 unspecified atom stereocenters. The highest BCUT2D eigenvalue weighted by molar-refractivity contribution is 9.10. The summed E-state index contributed by atoms with van der Waals surface area (Å²) in [5, 5.41) is 34.3. The Hall–Kier alpha value is -0.180. The van der Waals surface area contributed by atoms with E-state index in [-0.39, 0.29) is 36.2 Å². The van der Waals surface area contributed by atoms with E-state index < -0.39 is 5.41 Å². The molecule has 2 fully saturated rings. The van der Waals surface area contributed by atoms with Crippen molar-refractivity contribution in [3.63, 3.8) is 0 Å². The highest BCUT2D eigenvalue weighted by atomic mass is 79.9. The highest BCUT2D eigenvalue weighted by Gasteiger charge is 2.70. The zero-order chi connectivity index (χ0) is 18.3. The summed E-state index contributed by atoms with van der Waals surface area (Å²) in [6.45, 7) is 0.561. The quantitative estimate of drug-likeness (QED) is 0.486. The van der Waals surface area contributed by atoms with Gasteiger partial charge in [-0.25, -0.2) is 0 Å². The number of alkyl halides is 1. The van der Waals surface area contributed by atoms with Crippen LogP contribution in [0, 0.1) is 11.3 Å². The maximum atomic E-state index is 10.3. The molecule has 4 aliphatic rings. The first-order valence-electron chi connectivity index (χ1n) is 9.25. The average molecular weight is 489 g/mol. The Morgan fingerprint density at radius 3 is 2.73 bits per heavy atom. The first-order chi connectivity index (χ1) is 12.5. The molecule has 7 heteroatoms. The highest BCUT2D eigenvalue weighted by Crippen LogP contribution is 2.66. The molecule has 5 rings (SSSR count). The number of nitrogens with one attached hydrogen (secondary N) is 1. The summed E-state index contributed by atoms with van der Waals surface area (Å²) in [6, 6.07) is 2.32. The lowest BCUT2D eigenvalue weighted by Gasteiger charge is -2.61. The van der Waals surface area contributed by atoms with Crippen LogP contribution < -0.4 is 10.1 Å². The van der Waals surface area contributed by atoms with Gasteiger partial charge in [0.2, 0.25) is 0 Å². The van der Waals surface area contributed by atoms with Crippen molar-refractivity contribution in [1.82, 2.24) is 5.32 Å². The molecule has 5 atom stereocenters. The molecule has 1 saturated carbocycles. The number of benzene rings is 1. The molecule has 1 aromatic carbocycles. The fourth-order valence-corrected chi connectivity index (χ4v) is 7.85. The van der Waals surface area contributed by atoms with E-state index in [1.807, 2.05) is 6.07 Å². The molecule has 2 aliphatic carbocycles. The van der Waals surface area contributed by atoms with Crippen LogP contribution in [-0.2, 0) is 18.4 Å². The fourth-order valence-electron chi connectivity index (χ4n) is 6.28. The first kappa shape index (κ1) is 17.9. The second-order valence-electron chi connectivity index (χ2n) is 8.27. The predicted octanol–water partition coefficient (Wildman–Crippen LogP) is 1.61. The molecule has 0 radical (unpaired) electrons. The van der Waals surface area contributed by atoms with Crippen molar-refractivity contribution in [2.45, 2.75) is 48.3 Å². The third kappa shape index (κ3) is 1.90. The zero-order valence-corrected chi connectivity index (χ0v) is 17.5. The normalized spacial score (nSPS) is 38.7. The zero-order valence-electron chi connectivity index (χ0n) is 14.3. The van der Waals surface area contributed by atoms with Crippen molar-refractivity contribution >= 4 is 31.9 Å². The van der Waals surface area contributed by atoms with Gasteiger partial charge in [-0.1, -0.05) is 31.9 Å². The van der Waals surface area contributed by atoms with E-state index in [2.05, 4.69) is 37.2 Å². The minimum Gasteiger partial charge on any atom is -0.488 e. The molecule has 142 valence electrons. The summed E-state index contributed by atoms with van der Waals surface area (Å²) in [5.74, 6) is 1.17. The van der Waals surface area contributed by atoms with Gasteiger partial charge in [-0.2, -0.15) is 0 Å². The topological polar surface area (TPSA) is 82.0 Å². The summed E-state index contributed by atoms with van der Waals surface area (Å²) in [6.07, 6.45) is 2.44. The number of hydrogen-bond acceptors (Lipinski definition) is 5. The summed E-state index contributed by atoms with van der Waals surface area (Å²) in [7, 11) is 0. The smallest absolute Gasteiger partial charge is 0.129 e. The molecule has 0 aromatic heterocycles. The molecule has 0 amide bonds. The molecule has 2 aliphatic heterocycles. The van der Waals surface area contributed by atoms with E-state index in [9.17, 15) is 15.3 Å². The van der Waals surface area contributed by atoms with Crippen LogP contribution in [0.25, 0.3) is 0 Å². The van der Waals surface area contributed by atoms with Gasteiger partial charge < -0.3 is 25.4 Å². The van der Waals surface area contributed by atoms with Crippen LogP contribution in [0.15, 0.2) is 10.5 Å². The lowest BCUT2D eigenvalue weighted by molar-refractivity contribution is -0.121. The molecule has 26 heavy (non-hydrogen) atoms. The SMILES string of the molecule is OCc1cc(Br)c2c3c1OC1C(CO)(CO)C(Br)CC4C(C2)NCCC341. The van der Waals surface area contributed by atoms with Crippen molar-refractivity contribution in [1.29, 1.82) is 0 Å². The second kappa shape index (κ2) is 5.91. The molecular formula is C19H23Br2NO4.